The van der Waals surface area contributed by atoms with Crippen LogP contribution in [0.2, 0.25) is 0 Å². The predicted molar refractivity (Wildman–Crippen MR) is 179 cm³/mol. The molecule has 1 unspecified atom stereocenters. The zero-order chi connectivity index (χ0) is 31.6. The highest BCUT2D eigenvalue weighted by Crippen LogP contribution is 2.38. The number of hydrogen-bond acceptors (Lipinski definition) is 8. The number of likely N-dealkylation sites (tertiary alicyclic amines) is 1. The highest BCUT2D eigenvalue weighted by atomic mass is 32.1. The van der Waals surface area contributed by atoms with Gasteiger partial charge in [-0.15, -0.1) is 0 Å². The monoisotopic (exact) mass is 632 g/mol. The predicted octanol–water partition coefficient (Wildman–Crippen LogP) is 4.64. The van der Waals surface area contributed by atoms with Gasteiger partial charge in [-0.2, -0.15) is 0 Å². The fourth-order valence-corrected chi connectivity index (χ4v) is 7.82. The Morgan fingerprint density at radius 2 is 1.84 bits per heavy atom. The minimum absolute atomic E-state index is 0.0752. The Morgan fingerprint density at radius 1 is 1.07 bits per heavy atom. The van der Waals surface area contributed by atoms with Crippen LogP contribution in [0.15, 0.2) is 30.3 Å². The Kier molecular flexibility index (Phi) is 9.85. The number of carbonyl (C=O) groups excluding carboxylic acids is 2. The number of fused-ring (bicyclic) bond motifs is 2. The molecule has 4 N–H and O–H groups in total. The molecule has 6 rings (SSSR count). The second-order valence-corrected chi connectivity index (χ2v) is 15.2. The van der Waals surface area contributed by atoms with E-state index >= 15 is 0 Å². The highest BCUT2D eigenvalue weighted by Gasteiger charge is 2.30. The second-order valence-electron chi connectivity index (χ2n) is 14.3. The number of aryl methyl sites for hydroxylation is 1. The van der Waals surface area contributed by atoms with Gasteiger partial charge in [0.05, 0.1) is 12.1 Å². The third kappa shape index (κ3) is 7.91. The molecule has 0 radical (unpaired) electrons. The summed E-state index contributed by atoms with van der Waals surface area (Å²) in [6, 6.07) is 9.68. The average Bonchev–Trinajstić information content (AvgIpc) is 3.45. The Labute approximate surface area is 270 Å². The summed E-state index contributed by atoms with van der Waals surface area (Å²) in [5.74, 6) is 0.313. The van der Waals surface area contributed by atoms with E-state index in [0.717, 1.165) is 99.3 Å². The van der Waals surface area contributed by atoms with E-state index in [1.807, 2.05) is 24.3 Å². The van der Waals surface area contributed by atoms with Crippen LogP contribution in [-0.2, 0) is 12.8 Å². The Morgan fingerprint density at radius 3 is 2.60 bits per heavy atom. The van der Waals surface area contributed by atoms with Gasteiger partial charge >= 0.3 is 0 Å². The lowest BCUT2D eigenvalue weighted by atomic mass is 9.71. The van der Waals surface area contributed by atoms with Crippen molar-refractivity contribution in [3.63, 3.8) is 0 Å². The van der Waals surface area contributed by atoms with Gasteiger partial charge in [0.25, 0.3) is 11.8 Å². The molecular weight excluding hydrogens is 584 g/mol. The standard InChI is InChI=1S/C35H48N6O3S/c1-35(2,3)25-7-8-28-24(20-25)21-30-33(39-28)45-34(40-30)32(44)38-29(13-18-41-16-11-27(42)12-17-41)22-5-4-6-23(19-22)31(43)37-26-9-14-36-15-10-26/h4-6,19,21,25-27,29,36,42H,7-18,20H2,1-3H3,(H,37,43)(H,38,44)/t25-,29?/m0/s1. The molecule has 1 aliphatic carbocycles. The highest BCUT2D eigenvalue weighted by molar-refractivity contribution is 7.19. The van der Waals surface area contributed by atoms with Gasteiger partial charge in [-0.1, -0.05) is 44.2 Å². The van der Waals surface area contributed by atoms with Crippen LogP contribution in [0.3, 0.4) is 0 Å². The van der Waals surface area contributed by atoms with E-state index in [1.54, 1.807) is 0 Å². The first-order chi connectivity index (χ1) is 21.6. The summed E-state index contributed by atoms with van der Waals surface area (Å²) in [5, 5.41) is 20.2. The molecule has 0 bridgehead atoms. The Hall–Kier alpha value is -2.92. The number of aliphatic hydroxyl groups excluding tert-OH is 1. The fraction of sp³-hybridized carbons (Fsp3) is 0.600. The Balaban J connectivity index is 1.20. The number of benzene rings is 1. The molecule has 4 heterocycles. The van der Waals surface area contributed by atoms with E-state index in [1.165, 1.54) is 16.9 Å². The van der Waals surface area contributed by atoms with Crippen LogP contribution in [0.1, 0.15) is 102 Å². The summed E-state index contributed by atoms with van der Waals surface area (Å²) in [7, 11) is 0. The third-order valence-corrected chi connectivity index (χ3v) is 11.0. The van der Waals surface area contributed by atoms with Gasteiger partial charge in [0.15, 0.2) is 5.01 Å². The van der Waals surface area contributed by atoms with Crippen molar-refractivity contribution in [2.24, 2.45) is 11.3 Å². The number of pyridine rings is 1. The molecule has 0 saturated carbocycles. The number of amides is 2. The van der Waals surface area contributed by atoms with Crippen LogP contribution in [-0.4, -0.2) is 76.7 Å². The molecule has 3 aliphatic rings. The first-order valence-electron chi connectivity index (χ1n) is 16.7. The molecule has 2 amide bonds. The molecule has 3 aromatic rings. The number of aliphatic hydroxyl groups is 1. The number of nitrogens with zero attached hydrogens (tertiary/aromatic N) is 3. The van der Waals surface area contributed by atoms with Gasteiger partial charge in [0.2, 0.25) is 0 Å². The lowest BCUT2D eigenvalue weighted by Gasteiger charge is -2.34. The third-order valence-electron chi connectivity index (χ3n) is 9.99. The van der Waals surface area contributed by atoms with Crippen molar-refractivity contribution >= 4 is 33.5 Å². The summed E-state index contributed by atoms with van der Waals surface area (Å²) >= 11 is 1.35. The molecule has 9 nitrogen and oxygen atoms in total. The number of thiazole rings is 1. The van der Waals surface area contributed by atoms with Gasteiger partial charge in [-0.25, -0.2) is 9.97 Å². The summed E-state index contributed by atoms with van der Waals surface area (Å²) in [4.78, 5) is 39.8. The normalized spacial score (nSPS) is 20.9. The van der Waals surface area contributed by atoms with Crippen LogP contribution < -0.4 is 16.0 Å². The second kappa shape index (κ2) is 13.8. The van der Waals surface area contributed by atoms with Gasteiger partial charge in [-0.3, -0.25) is 9.59 Å². The maximum Gasteiger partial charge on any atom is 0.280 e. The van der Waals surface area contributed by atoms with Crippen LogP contribution >= 0.6 is 11.3 Å². The molecule has 0 spiro atoms. The van der Waals surface area contributed by atoms with Gasteiger partial charge in [-0.05, 0) is 105 Å². The minimum atomic E-state index is -0.295. The first-order valence-corrected chi connectivity index (χ1v) is 17.6. The number of aromatic nitrogens is 2. The van der Waals surface area contributed by atoms with E-state index in [4.69, 9.17) is 9.97 Å². The molecular formula is C35H48N6O3S. The number of nitrogens with one attached hydrogen (secondary N) is 3. The van der Waals surface area contributed by atoms with Gasteiger partial charge in [0, 0.05) is 36.9 Å². The van der Waals surface area contributed by atoms with Gasteiger partial charge in [0.1, 0.15) is 10.3 Å². The molecule has 2 fully saturated rings. The van der Waals surface area contributed by atoms with Crippen molar-refractivity contribution < 1.29 is 14.7 Å². The fourth-order valence-electron chi connectivity index (χ4n) is 6.98. The largest absolute Gasteiger partial charge is 0.393 e. The number of piperidine rings is 2. The Bertz CT molecular complexity index is 1500. The zero-order valence-corrected chi connectivity index (χ0v) is 27.7. The van der Waals surface area contributed by atoms with Crippen molar-refractivity contribution in [2.45, 2.75) is 90.3 Å². The maximum atomic E-state index is 13.8. The maximum absolute atomic E-state index is 13.8. The molecule has 10 heteroatoms. The van der Waals surface area contributed by atoms with Crippen LogP contribution in [0.25, 0.3) is 10.3 Å². The summed E-state index contributed by atoms with van der Waals surface area (Å²) in [6.07, 6.45) is 6.93. The lowest BCUT2D eigenvalue weighted by molar-refractivity contribution is 0.0795. The van der Waals surface area contributed by atoms with Crippen molar-refractivity contribution in [1.82, 2.24) is 30.8 Å². The van der Waals surface area contributed by atoms with Crippen LogP contribution in [0.4, 0.5) is 0 Å². The van der Waals surface area contributed by atoms with E-state index in [0.29, 0.717) is 22.9 Å². The summed E-state index contributed by atoms with van der Waals surface area (Å²) in [5.41, 5.74) is 4.95. The molecule has 2 aromatic heterocycles. The molecule has 242 valence electrons. The van der Waals surface area contributed by atoms with Crippen molar-refractivity contribution in [3.05, 3.63) is 57.7 Å². The van der Waals surface area contributed by atoms with E-state index in [2.05, 4.69) is 47.7 Å². The van der Waals surface area contributed by atoms with Crippen molar-refractivity contribution in [3.8, 4) is 0 Å². The molecule has 45 heavy (non-hydrogen) atoms. The molecule has 1 aromatic carbocycles. The van der Waals surface area contributed by atoms with Crippen LogP contribution in [0.5, 0.6) is 0 Å². The van der Waals surface area contributed by atoms with Gasteiger partial charge < -0.3 is 26.0 Å². The number of hydrogen-bond donors (Lipinski definition) is 4. The average molecular weight is 633 g/mol. The summed E-state index contributed by atoms with van der Waals surface area (Å²) in [6.45, 7) is 11.2. The number of carbonyl (C=O) groups is 2. The minimum Gasteiger partial charge on any atom is -0.393 e. The SMILES string of the molecule is CC(C)(C)[C@H]1CCc2nc3sc(C(=O)NC(CCN4CCC(O)CC4)c4cccc(C(=O)NC5CCNCC5)c4)nc3cc2C1. The van der Waals surface area contributed by atoms with Crippen molar-refractivity contribution in [2.75, 3.05) is 32.7 Å². The molecule has 2 saturated heterocycles. The smallest absolute Gasteiger partial charge is 0.280 e. The van der Waals surface area contributed by atoms with Crippen LogP contribution in [0, 0.1) is 11.3 Å². The molecule has 2 aliphatic heterocycles. The van der Waals surface area contributed by atoms with E-state index in [9.17, 15) is 14.7 Å². The van der Waals surface area contributed by atoms with E-state index < -0.39 is 0 Å². The summed E-state index contributed by atoms with van der Waals surface area (Å²) < 4.78 is 0. The zero-order valence-electron chi connectivity index (χ0n) is 26.9. The van der Waals surface area contributed by atoms with Crippen molar-refractivity contribution in [1.29, 1.82) is 0 Å². The molecule has 2 atom stereocenters. The lowest BCUT2D eigenvalue weighted by Crippen LogP contribution is -2.42. The quantitative estimate of drug-likeness (QED) is 0.286. The number of rotatable bonds is 8. The van der Waals surface area contributed by atoms with E-state index in [-0.39, 0.29) is 35.4 Å². The topological polar surface area (TPSA) is 119 Å². The first kappa shape index (κ1) is 32.0.